The lowest BCUT2D eigenvalue weighted by Crippen LogP contribution is -2.17. The Labute approximate surface area is 194 Å². The first-order chi connectivity index (χ1) is 15.1. The Kier molecular flexibility index (Phi) is 6.82. The van der Waals surface area contributed by atoms with E-state index in [-0.39, 0.29) is 0 Å². The van der Waals surface area contributed by atoms with Crippen LogP contribution in [-0.4, -0.2) is 35.2 Å². The summed E-state index contributed by atoms with van der Waals surface area (Å²) in [7, 11) is 3.23. The minimum atomic E-state index is -0.494. The second-order valence-electron chi connectivity index (χ2n) is 6.90. The minimum Gasteiger partial charge on any atom is -0.493 e. The van der Waals surface area contributed by atoms with Crippen molar-refractivity contribution < 1.29 is 14.2 Å². The maximum Gasteiger partial charge on any atom is 0.247 e. The van der Waals surface area contributed by atoms with Crippen LogP contribution in [0, 0.1) is 0 Å². The lowest BCUT2D eigenvalue weighted by atomic mass is 10.1. The number of thioether (sulfide) groups is 1. The highest BCUT2D eigenvalue weighted by Crippen LogP contribution is 2.41. The Morgan fingerprint density at radius 2 is 1.94 bits per heavy atom. The molecule has 0 saturated heterocycles. The molecule has 7 nitrogen and oxygen atoms in total. The zero-order chi connectivity index (χ0) is 21.8. The number of methoxy groups -OCH3 is 2. The van der Waals surface area contributed by atoms with Gasteiger partial charge < -0.3 is 19.5 Å². The number of unbranched alkanes of at least 4 members (excludes halogenated alkanes) is 1. The zero-order valence-electron chi connectivity index (χ0n) is 17.5. The molecule has 3 aromatic rings. The van der Waals surface area contributed by atoms with Gasteiger partial charge in [-0.1, -0.05) is 41.0 Å². The first-order valence-electron chi connectivity index (χ1n) is 9.95. The van der Waals surface area contributed by atoms with Gasteiger partial charge in [-0.3, -0.25) is 0 Å². The van der Waals surface area contributed by atoms with E-state index in [1.165, 1.54) is 0 Å². The van der Waals surface area contributed by atoms with Gasteiger partial charge in [-0.05, 0) is 42.8 Å². The Morgan fingerprint density at radius 1 is 1.10 bits per heavy atom. The largest absolute Gasteiger partial charge is 0.493 e. The molecule has 0 amide bonds. The van der Waals surface area contributed by atoms with Crippen molar-refractivity contribution in [1.82, 2.24) is 15.2 Å². The summed E-state index contributed by atoms with van der Waals surface area (Å²) in [5, 5.41) is 12.9. The van der Waals surface area contributed by atoms with Crippen molar-refractivity contribution in [3.05, 3.63) is 46.4 Å². The lowest BCUT2D eigenvalue weighted by molar-refractivity contribution is 0.224. The summed E-state index contributed by atoms with van der Waals surface area (Å²) in [5.41, 5.74) is 3.23. The molecule has 0 spiro atoms. The molecule has 9 heteroatoms. The van der Waals surface area contributed by atoms with E-state index in [2.05, 4.69) is 43.4 Å². The molecule has 1 N–H and O–H groups in total. The standard InChI is InChI=1S/C22H23BrN4O3S/c1-4-5-10-31-22-25-21-19(26-27-22)15-12-14(23)7-8-16(15)24-20(30-21)13-6-9-17(28-2)18(11-13)29-3/h6-9,11-12,20,24H,4-5,10H2,1-3H3. The average molecular weight is 503 g/mol. The Hall–Kier alpha value is -2.52. The van der Waals surface area contributed by atoms with Crippen LogP contribution in [0.2, 0.25) is 0 Å². The third kappa shape index (κ3) is 4.72. The molecule has 4 rings (SSSR count). The van der Waals surface area contributed by atoms with Crippen LogP contribution in [0.15, 0.2) is 46.0 Å². The third-order valence-electron chi connectivity index (χ3n) is 4.83. The highest BCUT2D eigenvalue weighted by atomic mass is 79.9. The van der Waals surface area contributed by atoms with Gasteiger partial charge in [0.2, 0.25) is 11.0 Å². The molecule has 0 aliphatic carbocycles. The van der Waals surface area contributed by atoms with Gasteiger partial charge in [0.05, 0.1) is 14.2 Å². The van der Waals surface area contributed by atoms with Crippen LogP contribution in [-0.2, 0) is 0 Å². The third-order valence-corrected chi connectivity index (χ3v) is 6.24. The molecule has 0 radical (unpaired) electrons. The fourth-order valence-electron chi connectivity index (χ4n) is 3.21. The second-order valence-corrected chi connectivity index (χ2v) is 8.87. The smallest absolute Gasteiger partial charge is 0.247 e. The monoisotopic (exact) mass is 502 g/mol. The highest BCUT2D eigenvalue weighted by molar-refractivity contribution is 9.10. The zero-order valence-corrected chi connectivity index (χ0v) is 19.9. The molecule has 0 saturated carbocycles. The number of fused-ring (bicyclic) bond motifs is 3. The first-order valence-corrected chi connectivity index (χ1v) is 11.7. The molecule has 1 aromatic heterocycles. The summed E-state index contributed by atoms with van der Waals surface area (Å²) in [4.78, 5) is 4.68. The molecule has 31 heavy (non-hydrogen) atoms. The van der Waals surface area contributed by atoms with E-state index < -0.39 is 6.23 Å². The molecule has 0 fully saturated rings. The molecule has 2 aromatic carbocycles. The number of anilines is 1. The quantitative estimate of drug-likeness (QED) is 0.324. The van der Waals surface area contributed by atoms with Gasteiger partial charge in [0.15, 0.2) is 23.4 Å². The van der Waals surface area contributed by atoms with E-state index >= 15 is 0 Å². The van der Waals surface area contributed by atoms with Crippen LogP contribution in [0.5, 0.6) is 17.4 Å². The van der Waals surface area contributed by atoms with Gasteiger partial charge in [-0.15, -0.1) is 10.2 Å². The molecule has 0 bridgehead atoms. The van der Waals surface area contributed by atoms with Crippen molar-refractivity contribution in [1.29, 1.82) is 0 Å². The summed E-state index contributed by atoms with van der Waals surface area (Å²) in [6.07, 6.45) is 1.72. The van der Waals surface area contributed by atoms with Crippen molar-refractivity contribution in [2.45, 2.75) is 31.1 Å². The molecule has 2 heterocycles. The predicted molar refractivity (Wildman–Crippen MR) is 125 cm³/mol. The Bertz CT molecular complexity index is 1080. The van der Waals surface area contributed by atoms with Crippen molar-refractivity contribution in [2.24, 2.45) is 0 Å². The number of benzene rings is 2. The van der Waals surface area contributed by atoms with E-state index in [4.69, 9.17) is 14.2 Å². The van der Waals surface area contributed by atoms with Crippen LogP contribution in [0.4, 0.5) is 5.69 Å². The number of rotatable bonds is 7. The van der Waals surface area contributed by atoms with Crippen molar-refractivity contribution in [3.63, 3.8) is 0 Å². The van der Waals surface area contributed by atoms with E-state index in [1.54, 1.807) is 26.0 Å². The van der Waals surface area contributed by atoms with Gasteiger partial charge in [0.1, 0.15) is 0 Å². The summed E-state index contributed by atoms with van der Waals surface area (Å²) in [6, 6.07) is 11.6. The number of nitrogens with one attached hydrogen (secondary N) is 1. The van der Waals surface area contributed by atoms with E-state index in [0.717, 1.165) is 39.9 Å². The number of nitrogens with zero attached hydrogens (tertiary/aromatic N) is 3. The van der Waals surface area contributed by atoms with E-state index in [1.807, 2.05) is 36.4 Å². The van der Waals surface area contributed by atoms with Crippen LogP contribution in [0.3, 0.4) is 0 Å². The second kappa shape index (κ2) is 9.74. The van der Waals surface area contributed by atoms with Gasteiger partial charge in [-0.2, -0.15) is 4.98 Å². The first kappa shape index (κ1) is 21.7. The summed E-state index contributed by atoms with van der Waals surface area (Å²) < 4.78 is 18.1. The summed E-state index contributed by atoms with van der Waals surface area (Å²) in [6.45, 7) is 2.16. The number of ether oxygens (including phenoxy) is 3. The fraction of sp³-hybridized carbons (Fsp3) is 0.318. The molecule has 1 aliphatic heterocycles. The molecule has 1 atom stereocenters. The predicted octanol–water partition coefficient (Wildman–Crippen LogP) is 5.71. The van der Waals surface area contributed by atoms with Crippen LogP contribution >= 0.6 is 27.7 Å². The summed E-state index contributed by atoms with van der Waals surface area (Å²) in [5.74, 6) is 2.67. The number of aromatic nitrogens is 3. The van der Waals surface area contributed by atoms with Crippen molar-refractivity contribution >= 4 is 33.4 Å². The Balaban J connectivity index is 1.76. The fourth-order valence-corrected chi connectivity index (χ4v) is 4.43. The molecular formula is C22H23BrN4O3S. The van der Waals surface area contributed by atoms with Gasteiger partial charge >= 0.3 is 0 Å². The summed E-state index contributed by atoms with van der Waals surface area (Å²) >= 11 is 5.13. The maximum absolute atomic E-state index is 6.34. The van der Waals surface area contributed by atoms with Crippen LogP contribution < -0.4 is 19.5 Å². The lowest BCUT2D eigenvalue weighted by Gasteiger charge is -2.20. The molecule has 162 valence electrons. The number of hydrogen-bond acceptors (Lipinski definition) is 8. The van der Waals surface area contributed by atoms with Gasteiger partial charge in [0, 0.05) is 27.0 Å². The van der Waals surface area contributed by atoms with Crippen molar-refractivity contribution in [2.75, 3.05) is 25.3 Å². The average Bonchev–Trinajstić information content (AvgIpc) is 2.95. The molecular weight excluding hydrogens is 480 g/mol. The number of halogens is 1. The number of hydrogen-bond donors (Lipinski definition) is 1. The SMILES string of the molecule is CCCCSc1nnc2c(n1)OC(c1ccc(OC)c(OC)c1)Nc1ccc(Br)cc1-2. The van der Waals surface area contributed by atoms with Gasteiger partial charge in [-0.25, -0.2) is 0 Å². The maximum atomic E-state index is 6.34. The normalized spacial score (nSPS) is 14.5. The van der Waals surface area contributed by atoms with Crippen LogP contribution in [0.1, 0.15) is 31.6 Å². The van der Waals surface area contributed by atoms with Crippen molar-refractivity contribution in [3.8, 4) is 28.6 Å². The minimum absolute atomic E-state index is 0.443. The van der Waals surface area contributed by atoms with Crippen LogP contribution in [0.25, 0.3) is 11.3 Å². The van der Waals surface area contributed by atoms with E-state index in [0.29, 0.717) is 28.2 Å². The Morgan fingerprint density at radius 3 is 2.71 bits per heavy atom. The van der Waals surface area contributed by atoms with E-state index in [9.17, 15) is 0 Å². The van der Waals surface area contributed by atoms with Gasteiger partial charge in [0.25, 0.3) is 0 Å². The topological polar surface area (TPSA) is 78.4 Å². The molecule has 1 aliphatic rings. The highest BCUT2D eigenvalue weighted by Gasteiger charge is 2.27. The molecule has 1 unspecified atom stereocenters.